The number of carboxylic acid groups (broad SMARTS) is 1. The van der Waals surface area contributed by atoms with Gasteiger partial charge in [0, 0.05) is 13.0 Å². The first-order valence-corrected chi connectivity index (χ1v) is 7.60. The number of benzene rings is 1. The second-order valence-corrected chi connectivity index (χ2v) is 5.86. The van der Waals surface area contributed by atoms with E-state index in [4.69, 9.17) is 5.11 Å². The van der Waals surface area contributed by atoms with Gasteiger partial charge in [0.15, 0.2) is 0 Å². The second-order valence-electron chi connectivity index (χ2n) is 5.86. The van der Waals surface area contributed by atoms with Crippen LogP contribution in [0.25, 0.3) is 0 Å². The van der Waals surface area contributed by atoms with Crippen molar-refractivity contribution in [3.8, 4) is 5.75 Å². The van der Waals surface area contributed by atoms with Crippen LogP contribution in [0.3, 0.4) is 0 Å². The van der Waals surface area contributed by atoms with Crippen LogP contribution in [0.4, 0.5) is 13.2 Å². The SMILES string of the molecule is O=C(O)CC1CCCN(Cc2ccc(OC(F)(F)F)cc2)CC1. The summed E-state index contributed by atoms with van der Waals surface area (Å²) in [7, 11) is 0. The number of hydrogen-bond donors (Lipinski definition) is 1. The first-order valence-electron chi connectivity index (χ1n) is 7.60. The normalized spacial score (nSPS) is 20.0. The number of ether oxygens (including phenoxy) is 1. The Morgan fingerprint density at radius 3 is 2.52 bits per heavy atom. The molecule has 7 heteroatoms. The Balaban J connectivity index is 1.86. The maximum absolute atomic E-state index is 12.1. The number of likely N-dealkylation sites (tertiary alicyclic amines) is 1. The molecule has 2 rings (SSSR count). The van der Waals surface area contributed by atoms with E-state index in [0.717, 1.165) is 37.9 Å². The fraction of sp³-hybridized carbons (Fsp3) is 0.562. The third kappa shape index (κ3) is 6.48. The van der Waals surface area contributed by atoms with Gasteiger partial charge < -0.3 is 9.84 Å². The maximum atomic E-state index is 12.1. The van der Waals surface area contributed by atoms with Crippen LogP contribution in [0.1, 0.15) is 31.2 Å². The molecule has 1 aromatic carbocycles. The van der Waals surface area contributed by atoms with Crippen molar-refractivity contribution >= 4 is 5.97 Å². The summed E-state index contributed by atoms with van der Waals surface area (Å²) in [5, 5.41) is 8.86. The third-order valence-electron chi connectivity index (χ3n) is 3.97. The van der Waals surface area contributed by atoms with Crippen LogP contribution >= 0.6 is 0 Å². The van der Waals surface area contributed by atoms with Gasteiger partial charge in [-0.15, -0.1) is 13.2 Å². The Bertz CT molecular complexity index is 516. The van der Waals surface area contributed by atoms with E-state index in [1.165, 1.54) is 12.1 Å². The van der Waals surface area contributed by atoms with E-state index in [-0.39, 0.29) is 18.1 Å². The largest absolute Gasteiger partial charge is 0.573 e. The number of aliphatic carboxylic acids is 1. The van der Waals surface area contributed by atoms with Crippen molar-refractivity contribution in [1.82, 2.24) is 4.90 Å². The minimum atomic E-state index is -4.68. The summed E-state index contributed by atoms with van der Waals surface area (Å²) in [6.45, 7) is 2.32. The van der Waals surface area contributed by atoms with Gasteiger partial charge in [0.05, 0.1) is 0 Å². The lowest BCUT2D eigenvalue weighted by molar-refractivity contribution is -0.274. The van der Waals surface area contributed by atoms with E-state index in [0.29, 0.717) is 6.54 Å². The summed E-state index contributed by atoms with van der Waals surface area (Å²) in [5.41, 5.74) is 0.913. The number of hydrogen-bond acceptors (Lipinski definition) is 3. The zero-order valence-corrected chi connectivity index (χ0v) is 12.7. The first kappa shape index (κ1) is 17.6. The van der Waals surface area contributed by atoms with Crippen LogP contribution in [-0.4, -0.2) is 35.4 Å². The summed E-state index contributed by atoms with van der Waals surface area (Å²) >= 11 is 0. The Hall–Kier alpha value is -1.76. The highest BCUT2D eigenvalue weighted by Crippen LogP contribution is 2.24. The number of nitrogens with zero attached hydrogens (tertiary/aromatic N) is 1. The summed E-state index contributed by atoms with van der Waals surface area (Å²) in [6, 6.07) is 5.88. The maximum Gasteiger partial charge on any atom is 0.573 e. The van der Waals surface area contributed by atoms with E-state index in [9.17, 15) is 18.0 Å². The zero-order valence-electron chi connectivity index (χ0n) is 12.7. The molecule has 4 nitrogen and oxygen atoms in total. The monoisotopic (exact) mass is 331 g/mol. The van der Waals surface area contributed by atoms with Crippen LogP contribution in [0.2, 0.25) is 0 Å². The lowest BCUT2D eigenvalue weighted by Crippen LogP contribution is -2.24. The topological polar surface area (TPSA) is 49.8 Å². The second kappa shape index (κ2) is 7.68. The average molecular weight is 331 g/mol. The Morgan fingerprint density at radius 2 is 1.91 bits per heavy atom. The average Bonchev–Trinajstić information content (AvgIpc) is 2.64. The van der Waals surface area contributed by atoms with Gasteiger partial charge in [0.1, 0.15) is 5.75 Å². The minimum absolute atomic E-state index is 0.206. The van der Waals surface area contributed by atoms with Gasteiger partial charge in [-0.1, -0.05) is 12.1 Å². The van der Waals surface area contributed by atoms with Crippen molar-refractivity contribution in [1.29, 1.82) is 0 Å². The molecular weight excluding hydrogens is 311 g/mol. The van der Waals surface area contributed by atoms with Crippen LogP contribution in [-0.2, 0) is 11.3 Å². The van der Waals surface area contributed by atoms with Crippen molar-refractivity contribution in [3.05, 3.63) is 29.8 Å². The van der Waals surface area contributed by atoms with E-state index in [2.05, 4.69) is 9.64 Å². The molecule has 1 unspecified atom stereocenters. The molecule has 1 aromatic rings. The van der Waals surface area contributed by atoms with Gasteiger partial charge in [-0.05, 0) is 56.0 Å². The van der Waals surface area contributed by atoms with Crippen molar-refractivity contribution in [2.75, 3.05) is 13.1 Å². The summed E-state index contributed by atoms with van der Waals surface area (Å²) < 4.78 is 40.2. The van der Waals surface area contributed by atoms with Crippen LogP contribution < -0.4 is 4.74 Å². The molecule has 0 radical (unpaired) electrons. The molecule has 0 aromatic heterocycles. The minimum Gasteiger partial charge on any atom is -0.481 e. The molecule has 0 aliphatic carbocycles. The Labute approximate surface area is 132 Å². The van der Waals surface area contributed by atoms with Gasteiger partial charge in [0.25, 0.3) is 0 Å². The molecule has 1 aliphatic heterocycles. The predicted octanol–water partition coefficient (Wildman–Crippen LogP) is 3.66. The number of carbonyl (C=O) groups is 1. The van der Waals surface area contributed by atoms with E-state index in [1.54, 1.807) is 12.1 Å². The quantitative estimate of drug-likeness (QED) is 0.894. The van der Waals surface area contributed by atoms with E-state index < -0.39 is 12.3 Å². The smallest absolute Gasteiger partial charge is 0.481 e. The molecule has 1 heterocycles. The van der Waals surface area contributed by atoms with Crippen LogP contribution in [0.5, 0.6) is 5.75 Å². The zero-order chi connectivity index (χ0) is 16.9. The molecule has 23 heavy (non-hydrogen) atoms. The Morgan fingerprint density at radius 1 is 1.22 bits per heavy atom. The molecule has 1 saturated heterocycles. The summed E-state index contributed by atoms with van der Waals surface area (Å²) in [6.07, 6.45) is -1.79. The number of halogens is 3. The number of carboxylic acids is 1. The molecule has 0 saturated carbocycles. The lowest BCUT2D eigenvalue weighted by Gasteiger charge is -2.20. The molecule has 128 valence electrons. The molecule has 1 aliphatic rings. The van der Waals surface area contributed by atoms with Gasteiger partial charge in [-0.25, -0.2) is 0 Å². The standard InChI is InChI=1S/C16H20F3NO3/c17-16(18,19)23-14-5-3-13(4-6-14)11-20-8-1-2-12(7-9-20)10-15(21)22/h3-6,12H,1-2,7-11H2,(H,21,22). The summed E-state index contributed by atoms with van der Waals surface area (Å²) in [5.74, 6) is -0.776. The first-order chi connectivity index (χ1) is 10.8. The van der Waals surface area contributed by atoms with Crippen molar-refractivity contribution in [3.63, 3.8) is 0 Å². The molecule has 1 atom stereocenters. The molecule has 1 fully saturated rings. The van der Waals surface area contributed by atoms with E-state index in [1.807, 2.05) is 0 Å². The van der Waals surface area contributed by atoms with Gasteiger partial charge in [-0.3, -0.25) is 9.69 Å². The van der Waals surface area contributed by atoms with Gasteiger partial charge in [-0.2, -0.15) is 0 Å². The van der Waals surface area contributed by atoms with Crippen molar-refractivity contribution in [2.45, 2.75) is 38.6 Å². The molecule has 0 spiro atoms. The van der Waals surface area contributed by atoms with Crippen LogP contribution in [0, 0.1) is 5.92 Å². The molecule has 0 amide bonds. The van der Waals surface area contributed by atoms with Gasteiger partial charge in [0.2, 0.25) is 0 Å². The van der Waals surface area contributed by atoms with Gasteiger partial charge >= 0.3 is 12.3 Å². The Kier molecular flexibility index (Phi) is 5.87. The van der Waals surface area contributed by atoms with Crippen molar-refractivity contribution < 1.29 is 27.8 Å². The molecule has 1 N–H and O–H groups in total. The number of alkyl halides is 3. The highest BCUT2D eigenvalue weighted by Gasteiger charge is 2.31. The lowest BCUT2D eigenvalue weighted by atomic mass is 9.97. The molecular formula is C16H20F3NO3. The summed E-state index contributed by atoms with van der Waals surface area (Å²) in [4.78, 5) is 13.0. The highest BCUT2D eigenvalue weighted by molar-refractivity contribution is 5.67. The highest BCUT2D eigenvalue weighted by atomic mass is 19.4. The predicted molar refractivity (Wildman–Crippen MR) is 78.0 cm³/mol. The fourth-order valence-electron chi connectivity index (χ4n) is 2.89. The van der Waals surface area contributed by atoms with E-state index >= 15 is 0 Å². The molecule has 0 bridgehead atoms. The van der Waals surface area contributed by atoms with Crippen LogP contribution in [0.15, 0.2) is 24.3 Å². The fourth-order valence-corrected chi connectivity index (χ4v) is 2.89. The van der Waals surface area contributed by atoms with Crippen molar-refractivity contribution in [2.24, 2.45) is 5.92 Å². The third-order valence-corrected chi connectivity index (χ3v) is 3.97. The number of rotatable bonds is 5.